The fraction of sp³-hybridized carbons (Fsp3) is 0.600. The Morgan fingerprint density at radius 3 is 2.63 bits per heavy atom. The molecule has 0 saturated heterocycles. The highest BCUT2D eigenvalue weighted by molar-refractivity contribution is 9.10. The lowest BCUT2D eigenvalue weighted by Crippen LogP contribution is -2.23. The third-order valence-electron chi connectivity index (χ3n) is 3.17. The van der Waals surface area contributed by atoms with Gasteiger partial charge in [0.2, 0.25) is 0 Å². The summed E-state index contributed by atoms with van der Waals surface area (Å²) in [4.78, 5) is 0. The van der Waals surface area contributed by atoms with Crippen LogP contribution in [0.3, 0.4) is 0 Å². The van der Waals surface area contributed by atoms with Crippen molar-refractivity contribution in [3.8, 4) is 0 Å². The van der Waals surface area contributed by atoms with Crippen molar-refractivity contribution in [2.75, 3.05) is 11.9 Å². The minimum atomic E-state index is 0.120. The van der Waals surface area contributed by atoms with Crippen molar-refractivity contribution < 1.29 is 5.11 Å². The maximum atomic E-state index is 9.41. The number of aliphatic hydroxyl groups excluding tert-OH is 1. The SMILES string of the molecule is CCCCCCCC(CO)Nc1ccc(Cl)c(Br)c1. The number of hydrogen-bond acceptors (Lipinski definition) is 2. The highest BCUT2D eigenvalue weighted by atomic mass is 79.9. The maximum Gasteiger partial charge on any atom is 0.0632 e. The van der Waals surface area contributed by atoms with Gasteiger partial charge >= 0.3 is 0 Å². The second-order valence-electron chi connectivity index (χ2n) is 4.86. The standard InChI is InChI=1S/C15H23BrClNO/c1-2-3-4-5-6-7-13(11-19)18-12-8-9-15(17)14(16)10-12/h8-10,13,18-19H,2-7,11H2,1H3. The van der Waals surface area contributed by atoms with Crippen LogP contribution in [0.2, 0.25) is 5.02 Å². The van der Waals surface area contributed by atoms with Crippen molar-refractivity contribution in [3.63, 3.8) is 0 Å². The summed E-state index contributed by atoms with van der Waals surface area (Å²) < 4.78 is 0.874. The van der Waals surface area contributed by atoms with Gasteiger partial charge in [-0.15, -0.1) is 0 Å². The third-order valence-corrected chi connectivity index (χ3v) is 4.38. The molecule has 1 atom stereocenters. The molecule has 1 rings (SSSR count). The van der Waals surface area contributed by atoms with Gasteiger partial charge in [-0.25, -0.2) is 0 Å². The molecule has 0 radical (unpaired) electrons. The predicted molar refractivity (Wildman–Crippen MR) is 87.0 cm³/mol. The van der Waals surface area contributed by atoms with Crippen LogP contribution in [0.4, 0.5) is 5.69 Å². The van der Waals surface area contributed by atoms with Crippen molar-refractivity contribution >= 4 is 33.2 Å². The second-order valence-corrected chi connectivity index (χ2v) is 6.12. The smallest absolute Gasteiger partial charge is 0.0632 e. The van der Waals surface area contributed by atoms with Crippen LogP contribution in [0.15, 0.2) is 22.7 Å². The van der Waals surface area contributed by atoms with Gasteiger partial charge in [-0.3, -0.25) is 0 Å². The van der Waals surface area contributed by atoms with Crippen molar-refractivity contribution in [1.29, 1.82) is 0 Å². The molecule has 0 fully saturated rings. The Bertz CT molecular complexity index is 373. The summed E-state index contributed by atoms with van der Waals surface area (Å²) in [5, 5.41) is 13.5. The highest BCUT2D eigenvalue weighted by Crippen LogP contribution is 2.26. The number of halogens is 2. The Morgan fingerprint density at radius 2 is 2.00 bits per heavy atom. The van der Waals surface area contributed by atoms with Gasteiger partial charge in [0.15, 0.2) is 0 Å². The van der Waals surface area contributed by atoms with Gasteiger partial charge in [-0.1, -0.05) is 50.6 Å². The van der Waals surface area contributed by atoms with Crippen molar-refractivity contribution in [1.82, 2.24) is 0 Å². The lowest BCUT2D eigenvalue weighted by atomic mass is 10.1. The molecule has 0 aliphatic heterocycles. The number of rotatable bonds is 9. The molecule has 0 aromatic heterocycles. The van der Waals surface area contributed by atoms with E-state index in [4.69, 9.17) is 11.6 Å². The molecular formula is C15H23BrClNO. The van der Waals surface area contributed by atoms with E-state index >= 15 is 0 Å². The van der Waals surface area contributed by atoms with E-state index in [0.29, 0.717) is 5.02 Å². The average molecular weight is 349 g/mol. The first-order valence-electron chi connectivity index (χ1n) is 6.99. The maximum absolute atomic E-state index is 9.41. The lowest BCUT2D eigenvalue weighted by molar-refractivity contribution is 0.266. The molecular weight excluding hydrogens is 326 g/mol. The minimum absolute atomic E-state index is 0.120. The summed E-state index contributed by atoms with van der Waals surface area (Å²) in [6.45, 7) is 2.38. The first kappa shape index (κ1) is 16.8. The molecule has 0 amide bonds. The van der Waals surface area contributed by atoms with Crippen molar-refractivity contribution in [3.05, 3.63) is 27.7 Å². The topological polar surface area (TPSA) is 32.3 Å². The van der Waals surface area contributed by atoms with Crippen molar-refractivity contribution in [2.24, 2.45) is 0 Å². The molecule has 0 aliphatic rings. The van der Waals surface area contributed by atoms with E-state index in [2.05, 4.69) is 28.2 Å². The van der Waals surface area contributed by atoms with Gasteiger partial charge in [0, 0.05) is 16.2 Å². The van der Waals surface area contributed by atoms with Crippen LogP contribution in [-0.4, -0.2) is 17.8 Å². The normalized spacial score (nSPS) is 12.4. The molecule has 0 saturated carbocycles. The number of anilines is 1. The van der Waals surface area contributed by atoms with Crippen LogP contribution < -0.4 is 5.32 Å². The second kappa shape index (κ2) is 9.62. The van der Waals surface area contributed by atoms with Gasteiger partial charge in [0.25, 0.3) is 0 Å². The molecule has 1 aromatic carbocycles. The summed E-state index contributed by atoms with van der Waals surface area (Å²) in [6, 6.07) is 5.85. The molecule has 1 aromatic rings. The quantitative estimate of drug-likeness (QED) is 0.598. The van der Waals surface area contributed by atoms with Crippen LogP contribution in [0.1, 0.15) is 45.4 Å². The van der Waals surface area contributed by atoms with Gasteiger partial charge in [0.1, 0.15) is 0 Å². The highest BCUT2D eigenvalue weighted by Gasteiger charge is 2.08. The van der Waals surface area contributed by atoms with Crippen LogP contribution in [0.25, 0.3) is 0 Å². The van der Waals surface area contributed by atoms with Gasteiger partial charge in [0.05, 0.1) is 11.6 Å². The fourth-order valence-corrected chi connectivity index (χ4v) is 2.52. The molecule has 0 aliphatic carbocycles. The molecule has 0 bridgehead atoms. The number of benzene rings is 1. The van der Waals surface area contributed by atoms with E-state index in [0.717, 1.165) is 23.0 Å². The molecule has 0 heterocycles. The number of nitrogens with one attached hydrogen (secondary N) is 1. The van der Waals surface area contributed by atoms with E-state index in [1.54, 1.807) is 0 Å². The molecule has 2 N–H and O–H groups in total. The lowest BCUT2D eigenvalue weighted by Gasteiger charge is -2.18. The number of unbranched alkanes of at least 4 members (excludes halogenated alkanes) is 4. The zero-order valence-corrected chi connectivity index (χ0v) is 13.8. The minimum Gasteiger partial charge on any atom is -0.394 e. The van der Waals surface area contributed by atoms with Crippen LogP contribution in [0, 0.1) is 0 Å². The molecule has 1 unspecified atom stereocenters. The summed E-state index contributed by atoms with van der Waals surface area (Å²) in [7, 11) is 0. The summed E-state index contributed by atoms with van der Waals surface area (Å²) in [6.07, 6.45) is 7.27. The van der Waals surface area contributed by atoms with E-state index in [1.165, 1.54) is 25.7 Å². The van der Waals surface area contributed by atoms with E-state index < -0.39 is 0 Å². The Morgan fingerprint density at radius 1 is 1.26 bits per heavy atom. The van der Waals surface area contributed by atoms with Crippen LogP contribution in [0.5, 0.6) is 0 Å². The van der Waals surface area contributed by atoms with E-state index in [9.17, 15) is 5.11 Å². The van der Waals surface area contributed by atoms with Gasteiger partial charge in [-0.2, -0.15) is 0 Å². The molecule has 2 nitrogen and oxygen atoms in total. The van der Waals surface area contributed by atoms with Crippen LogP contribution >= 0.6 is 27.5 Å². The molecule has 19 heavy (non-hydrogen) atoms. The monoisotopic (exact) mass is 347 g/mol. The Hall–Kier alpha value is -0.250. The average Bonchev–Trinajstić information content (AvgIpc) is 2.41. The largest absolute Gasteiger partial charge is 0.394 e. The Kier molecular flexibility index (Phi) is 8.51. The van der Waals surface area contributed by atoms with Crippen LogP contribution in [-0.2, 0) is 0 Å². The zero-order chi connectivity index (χ0) is 14.1. The third kappa shape index (κ3) is 6.64. The zero-order valence-electron chi connectivity index (χ0n) is 11.5. The molecule has 0 spiro atoms. The van der Waals surface area contributed by atoms with Gasteiger partial charge in [-0.05, 0) is 40.5 Å². The molecule has 108 valence electrons. The summed E-state index contributed by atoms with van der Waals surface area (Å²) >= 11 is 9.36. The van der Waals surface area contributed by atoms with Crippen molar-refractivity contribution in [2.45, 2.75) is 51.5 Å². The number of hydrogen-bond donors (Lipinski definition) is 2. The Balaban J connectivity index is 2.36. The van der Waals surface area contributed by atoms with E-state index in [-0.39, 0.29) is 12.6 Å². The predicted octanol–water partition coefficient (Wildman–Crippen LogP) is 5.24. The summed E-state index contributed by atoms with van der Waals surface area (Å²) in [5.74, 6) is 0. The number of aliphatic hydroxyl groups is 1. The fourth-order valence-electron chi connectivity index (χ4n) is 2.03. The molecule has 4 heteroatoms. The Labute approximate surface area is 129 Å². The first-order chi connectivity index (χ1) is 9.17. The first-order valence-corrected chi connectivity index (χ1v) is 8.17. The summed E-state index contributed by atoms with van der Waals surface area (Å²) in [5.41, 5.74) is 0.990. The van der Waals surface area contributed by atoms with E-state index in [1.807, 2.05) is 18.2 Å². The van der Waals surface area contributed by atoms with Gasteiger partial charge < -0.3 is 10.4 Å².